The fourth-order valence-corrected chi connectivity index (χ4v) is 6.57. The van der Waals surface area contributed by atoms with E-state index in [-0.39, 0.29) is 52.9 Å². The highest BCUT2D eigenvalue weighted by molar-refractivity contribution is 6.14. The van der Waals surface area contributed by atoms with Gasteiger partial charge in [-0.1, -0.05) is 0 Å². The Hall–Kier alpha value is -6.71. The van der Waals surface area contributed by atoms with E-state index in [1.165, 1.54) is 9.13 Å². The topological polar surface area (TPSA) is 149 Å². The predicted octanol–water partition coefficient (Wildman–Crippen LogP) is 7.49. The lowest BCUT2D eigenvalue weighted by molar-refractivity contribution is 0.0576. The lowest BCUT2D eigenvalue weighted by Gasteiger charge is -2.11. The second-order valence-electron chi connectivity index (χ2n) is 12.7. The summed E-state index contributed by atoms with van der Waals surface area (Å²) >= 11 is 0. The van der Waals surface area contributed by atoms with Crippen LogP contribution in [-0.4, -0.2) is 108 Å². The molecule has 0 bridgehead atoms. The standard InChI is InChI=1S/C43H43N3O12/c1-49-28-5-9-38-34(22-28)35-23-29(50-2)6-10-39(35)45(38)42(47)57-19-15-53-13-17-55-32-21-33(27-44-26-32)56-18-14-54-16-20-58-43(48)46-40-11-7-30(51-3)24-36(40)37-25-31(52-4)8-12-41(37)46/h5-12,21-27H,13-20H2,1-4H3. The van der Waals surface area contributed by atoms with Gasteiger partial charge in [-0.2, -0.15) is 0 Å². The van der Waals surface area contributed by atoms with Crippen molar-refractivity contribution >= 4 is 55.8 Å². The molecule has 3 heterocycles. The van der Waals surface area contributed by atoms with E-state index < -0.39 is 12.2 Å². The average molecular weight is 794 g/mol. The van der Waals surface area contributed by atoms with Crippen molar-refractivity contribution in [1.29, 1.82) is 0 Å². The molecule has 15 heteroatoms. The van der Waals surface area contributed by atoms with Crippen LogP contribution in [0, 0.1) is 0 Å². The Bertz CT molecular complexity index is 2250. The number of carbonyl (C=O) groups excluding carboxylic acids is 2. The molecule has 0 fully saturated rings. The second-order valence-corrected chi connectivity index (χ2v) is 12.7. The van der Waals surface area contributed by atoms with Crippen molar-refractivity contribution in [3.05, 3.63) is 91.3 Å². The van der Waals surface area contributed by atoms with Gasteiger partial charge in [-0.05, 0) is 72.8 Å². The zero-order valence-electron chi connectivity index (χ0n) is 32.6. The first kappa shape index (κ1) is 39.5. The third-order valence-electron chi connectivity index (χ3n) is 9.31. The number of ether oxygens (including phenoxy) is 10. The van der Waals surface area contributed by atoms with E-state index in [1.807, 2.05) is 48.5 Å². The van der Waals surface area contributed by atoms with Crippen LogP contribution in [0.5, 0.6) is 34.5 Å². The summed E-state index contributed by atoms with van der Waals surface area (Å²) in [5, 5.41) is 3.36. The summed E-state index contributed by atoms with van der Waals surface area (Å²) in [7, 11) is 6.39. The molecule has 0 aliphatic rings. The molecule has 0 unspecified atom stereocenters. The van der Waals surface area contributed by atoms with Crippen LogP contribution >= 0.6 is 0 Å². The molecule has 0 aliphatic carbocycles. The van der Waals surface area contributed by atoms with E-state index in [0.29, 0.717) is 56.6 Å². The van der Waals surface area contributed by atoms with Crippen LogP contribution in [0.2, 0.25) is 0 Å². The van der Waals surface area contributed by atoms with Gasteiger partial charge in [0.05, 0.1) is 89.3 Å². The van der Waals surface area contributed by atoms with Crippen LogP contribution < -0.4 is 28.4 Å². The molecule has 0 spiro atoms. The molecule has 302 valence electrons. The number of aromatic nitrogens is 3. The third kappa shape index (κ3) is 8.65. The van der Waals surface area contributed by atoms with Crippen molar-refractivity contribution in [2.45, 2.75) is 0 Å². The van der Waals surface area contributed by atoms with Crippen molar-refractivity contribution in [3.8, 4) is 34.5 Å². The SMILES string of the molecule is COc1ccc2c(c1)c1cc(OC)ccc1n2C(=O)OCCOCCOc1cncc(OCCOCCOC(=O)n2c3ccc(OC)cc3c3cc(OC)ccc32)c1. The molecule has 7 rings (SSSR count). The lowest BCUT2D eigenvalue weighted by Crippen LogP contribution is -2.18. The third-order valence-corrected chi connectivity index (χ3v) is 9.31. The molecule has 4 aromatic carbocycles. The Morgan fingerprint density at radius 1 is 0.431 bits per heavy atom. The zero-order valence-corrected chi connectivity index (χ0v) is 32.6. The summed E-state index contributed by atoms with van der Waals surface area (Å²) in [6, 6.07) is 23.7. The molecule has 0 radical (unpaired) electrons. The molecule has 0 atom stereocenters. The molecule has 15 nitrogen and oxygen atoms in total. The number of methoxy groups -OCH3 is 4. The van der Waals surface area contributed by atoms with Crippen molar-refractivity contribution in [2.75, 3.05) is 81.3 Å². The zero-order chi connectivity index (χ0) is 40.4. The summed E-state index contributed by atoms with van der Waals surface area (Å²) in [4.78, 5) is 30.6. The molecular weight excluding hydrogens is 750 g/mol. The molecule has 0 N–H and O–H groups in total. The number of hydrogen-bond acceptors (Lipinski definition) is 13. The highest BCUT2D eigenvalue weighted by atomic mass is 16.6. The van der Waals surface area contributed by atoms with Gasteiger partial charge in [0.15, 0.2) is 0 Å². The van der Waals surface area contributed by atoms with Crippen LogP contribution in [0.4, 0.5) is 9.59 Å². The number of rotatable bonds is 18. The number of benzene rings is 4. The molecule has 0 amide bonds. The normalized spacial score (nSPS) is 11.2. The molecule has 3 aromatic heterocycles. The van der Waals surface area contributed by atoms with Crippen molar-refractivity contribution < 1.29 is 57.0 Å². The van der Waals surface area contributed by atoms with Gasteiger partial charge in [-0.25, -0.2) is 18.7 Å². The first-order valence-corrected chi connectivity index (χ1v) is 18.4. The summed E-state index contributed by atoms with van der Waals surface area (Å²) in [6.45, 7) is 1.47. The monoisotopic (exact) mass is 793 g/mol. The van der Waals surface area contributed by atoms with Crippen molar-refractivity contribution in [1.82, 2.24) is 14.1 Å². The van der Waals surface area contributed by atoms with E-state index in [4.69, 9.17) is 47.4 Å². The number of fused-ring (bicyclic) bond motifs is 6. The van der Waals surface area contributed by atoms with E-state index in [9.17, 15) is 9.59 Å². The molecule has 0 saturated carbocycles. The number of hydrogen-bond donors (Lipinski definition) is 0. The Balaban J connectivity index is 0.801. The summed E-state index contributed by atoms with van der Waals surface area (Å²) < 4.78 is 58.6. The van der Waals surface area contributed by atoms with Gasteiger partial charge in [0.25, 0.3) is 0 Å². The Kier molecular flexibility index (Phi) is 12.6. The second kappa shape index (κ2) is 18.5. The highest BCUT2D eigenvalue weighted by Gasteiger charge is 2.20. The highest BCUT2D eigenvalue weighted by Crippen LogP contribution is 2.35. The lowest BCUT2D eigenvalue weighted by atomic mass is 10.1. The van der Waals surface area contributed by atoms with Crippen LogP contribution in [0.3, 0.4) is 0 Å². The molecule has 0 aliphatic heterocycles. The smallest absolute Gasteiger partial charge is 0.419 e. The van der Waals surface area contributed by atoms with Crippen LogP contribution in [0.15, 0.2) is 91.3 Å². The van der Waals surface area contributed by atoms with Gasteiger partial charge in [0, 0.05) is 27.6 Å². The maximum absolute atomic E-state index is 13.2. The van der Waals surface area contributed by atoms with E-state index in [0.717, 1.165) is 21.5 Å². The quantitative estimate of drug-likeness (QED) is 0.0791. The number of nitrogens with zero attached hydrogens (tertiary/aromatic N) is 3. The minimum absolute atomic E-state index is 0.0508. The first-order chi connectivity index (χ1) is 28.4. The predicted molar refractivity (Wildman–Crippen MR) is 215 cm³/mol. The average Bonchev–Trinajstić information content (AvgIpc) is 3.76. The Labute approximate surface area is 333 Å². The number of carbonyl (C=O) groups is 2. The summed E-state index contributed by atoms with van der Waals surface area (Å²) in [6.07, 6.45) is 2.10. The van der Waals surface area contributed by atoms with Crippen LogP contribution in [-0.2, 0) is 18.9 Å². The Morgan fingerprint density at radius 3 is 1.09 bits per heavy atom. The van der Waals surface area contributed by atoms with Gasteiger partial charge in [-0.15, -0.1) is 0 Å². The van der Waals surface area contributed by atoms with Crippen LogP contribution in [0.1, 0.15) is 0 Å². The van der Waals surface area contributed by atoms with E-state index in [2.05, 4.69) is 4.98 Å². The van der Waals surface area contributed by atoms with Gasteiger partial charge < -0.3 is 47.4 Å². The molecular formula is C43H43N3O12. The van der Waals surface area contributed by atoms with Gasteiger partial charge in [0.2, 0.25) is 0 Å². The minimum Gasteiger partial charge on any atom is -0.497 e. The van der Waals surface area contributed by atoms with Crippen molar-refractivity contribution in [2.24, 2.45) is 0 Å². The fraction of sp³-hybridized carbons (Fsp3) is 0.279. The first-order valence-electron chi connectivity index (χ1n) is 18.4. The van der Waals surface area contributed by atoms with Gasteiger partial charge >= 0.3 is 12.2 Å². The number of pyridine rings is 1. The molecule has 58 heavy (non-hydrogen) atoms. The molecule has 7 aromatic rings. The summed E-state index contributed by atoms with van der Waals surface area (Å²) in [5.41, 5.74) is 2.76. The van der Waals surface area contributed by atoms with Gasteiger partial charge in [-0.3, -0.25) is 4.98 Å². The van der Waals surface area contributed by atoms with Crippen molar-refractivity contribution in [3.63, 3.8) is 0 Å². The largest absolute Gasteiger partial charge is 0.497 e. The Morgan fingerprint density at radius 2 is 0.759 bits per heavy atom. The summed E-state index contributed by atoms with van der Waals surface area (Å²) in [5.74, 6) is 3.71. The van der Waals surface area contributed by atoms with E-state index >= 15 is 0 Å². The van der Waals surface area contributed by atoms with E-state index in [1.54, 1.807) is 71.2 Å². The fourth-order valence-electron chi connectivity index (χ4n) is 6.57. The van der Waals surface area contributed by atoms with Crippen LogP contribution in [0.25, 0.3) is 43.6 Å². The minimum atomic E-state index is -0.522. The van der Waals surface area contributed by atoms with Gasteiger partial charge in [0.1, 0.15) is 60.9 Å². The molecule has 0 saturated heterocycles. The maximum Gasteiger partial charge on any atom is 0.419 e. The maximum atomic E-state index is 13.2.